The van der Waals surface area contributed by atoms with Crippen LogP contribution < -0.4 is 0 Å². The highest BCUT2D eigenvalue weighted by molar-refractivity contribution is 7.13. The van der Waals surface area contributed by atoms with E-state index in [1.54, 1.807) is 11.3 Å². The lowest BCUT2D eigenvalue weighted by molar-refractivity contribution is 0.122. The van der Waals surface area contributed by atoms with Crippen LogP contribution in [0.25, 0.3) is 22.2 Å². The minimum absolute atomic E-state index is 0.581. The Hall–Kier alpha value is -2.88. The first-order chi connectivity index (χ1) is 15.3. The van der Waals surface area contributed by atoms with Crippen LogP contribution in [0.5, 0.6) is 0 Å². The van der Waals surface area contributed by atoms with E-state index in [0.717, 1.165) is 68.4 Å². The molecule has 0 N–H and O–H groups in total. The average Bonchev–Trinajstić information content (AvgIpc) is 3.58. The van der Waals surface area contributed by atoms with Crippen LogP contribution in [0.3, 0.4) is 0 Å². The molecule has 0 unspecified atom stereocenters. The molecule has 3 aromatic heterocycles. The fourth-order valence-corrected chi connectivity index (χ4v) is 4.35. The Morgan fingerprint density at radius 2 is 1.71 bits per heavy atom. The average molecular weight is 437 g/mol. The molecule has 0 amide bonds. The standard InChI is InChI=1S/C22H24N6O2S/c1-2-6-17(7-3-1)22-23-19(25-30-22)16-28-13-11-27(12-14-28)10-4-9-20-24-21(26-29-20)18-8-5-15-31-18/h1-3,5-8,15H,4,9-14,16H2. The minimum atomic E-state index is 0.581. The molecule has 9 heteroatoms. The van der Waals surface area contributed by atoms with Gasteiger partial charge < -0.3 is 13.9 Å². The summed E-state index contributed by atoms with van der Waals surface area (Å²) in [6, 6.07) is 13.9. The quantitative estimate of drug-likeness (QED) is 0.414. The maximum absolute atomic E-state index is 5.42. The minimum Gasteiger partial charge on any atom is -0.339 e. The van der Waals surface area contributed by atoms with Gasteiger partial charge in [0, 0.05) is 38.2 Å². The molecule has 8 nitrogen and oxygen atoms in total. The molecule has 0 spiro atoms. The van der Waals surface area contributed by atoms with Crippen molar-refractivity contribution in [2.75, 3.05) is 32.7 Å². The zero-order valence-corrected chi connectivity index (χ0v) is 18.0. The van der Waals surface area contributed by atoms with E-state index in [4.69, 9.17) is 9.05 Å². The first kappa shape index (κ1) is 20.0. The van der Waals surface area contributed by atoms with Crippen LogP contribution in [0.4, 0.5) is 0 Å². The fraction of sp³-hybridized carbons (Fsp3) is 0.364. The van der Waals surface area contributed by atoms with Gasteiger partial charge in [-0.15, -0.1) is 11.3 Å². The van der Waals surface area contributed by atoms with Gasteiger partial charge in [-0.05, 0) is 36.5 Å². The second-order valence-corrected chi connectivity index (χ2v) is 8.54. The molecule has 1 aliphatic heterocycles. The zero-order valence-electron chi connectivity index (χ0n) is 17.2. The van der Waals surface area contributed by atoms with E-state index in [1.807, 2.05) is 47.8 Å². The molecule has 1 fully saturated rings. The Morgan fingerprint density at radius 3 is 2.52 bits per heavy atom. The summed E-state index contributed by atoms with van der Waals surface area (Å²) in [5.74, 6) is 2.73. The van der Waals surface area contributed by atoms with Crippen molar-refractivity contribution in [3.63, 3.8) is 0 Å². The first-order valence-electron chi connectivity index (χ1n) is 10.5. The third-order valence-electron chi connectivity index (χ3n) is 5.39. The topological polar surface area (TPSA) is 84.3 Å². The van der Waals surface area contributed by atoms with Gasteiger partial charge in [0.15, 0.2) is 5.82 Å². The van der Waals surface area contributed by atoms with Gasteiger partial charge in [0.25, 0.3) is 5.89 Å². The molecule has 160 valence electrons. The summed E-state index contributed by atoms with van der Waals surface area (Å²) in [5, 5.41) is 10.2. The van der Waals surface area contributed by atoms with Gasteiger partial charge in [0.2, 0.25) is 11.7 Å². The van der Waals surface area contributed by atoms with E-state index in [2.05, 4.69) is 30.1 Å². The number of aromatic nitrogens is 4. The SMILES string of the molecule is c1ccc(-c2nc(CN3CCN(CCCc4nc(-c5cccs5)no4)CC3)no2)cc1. The predicted octanol–water partition coefficient (Wildman–Crippen LogP) is 3.60. The lowest BCUT2D eigenvalue weighted by atomic mass is 10.2. The highest BCUT2D eigenvalue weighted by Gasteiger charge is 2.19. The van der Waals surface area contributed by atoms with Crippen molar-refractivity contribution in [1.82, 2.24) is 30.1 Å². The Bertz CT molecular complexity index is 1070. The summed E-state index contributed by atoms with van der Waals surface area (Å²) in [7, 11) is 0. The number of thiophene rings is 1. The highest BCUT2D eigenvalue weighted by Crippen LogP contribution is 2.21. The van der Waals surface area contributed by atoms with Crippen molar-refractivity contribution in [2.45, 2.75) is 19.4 Å². The Labute approximate surface area is 184 Å². The van der Waals surface area contributed by atoms with Gasteiger partial charge in [0.05, 0.1) is 11.4 Å². The van der Waals surface area contributed by atoms with Crippen LogP contribution in [-0.2, 0) is 13.0 Å². The number of hydrogen-bond acceptors (Lipinski definition) is 9. The van der Waals surface area contributed by atoms with Crippen molar-refractivity contribution < 1.29 is 9.05 Å². The van der Waals surface area contributed by atoms with Crippen molar-refractivity contribution in [1.29, 1.82) is 0 Å². The zero-order chi connectivity index (χ0) is 20.9. The molecular formula is C22H24N6O2S. The Morgan fingerprint density at radius 1 is 0.871 bits per heavy atom. The largest absolute Gasteiger partial charge is 0.339 e. The summed E-state index contributed by atoms with van der Waals surface area (Å²) in [6.45, 7) is 5.82. The Kier molecular flexibility index (Phi) is 6.15. The molecule has 0 saturated carbocycles. The lowest BCUT2D eigenvalue weighted by Crippen LogP contribution is -2.46. The van der Waals surface area contributed by atoms with E-state index < -0.39 is 0 Å². The van der Waals surface area contributed by atoms with Gasteiger partial charge in [-0.2, -0.15) is 9.97 Å². The van der Waals surface area contributed by atoms with E-state index >= 15 is 0 Å². The van der Waals surface area contributed by atoms with Crippen LogP contribution in [-0.4, -0.2) is 62.8 Å². The molecule has 4 aromatic rings. The second-order valence-electron chi connectivity index (χ2n) is 7.59. The maximum Gasteiger partial charge on any atom is 0.257 e. The summed E-state index contributed by atoms with van der Waals surface area (Å²) >= 11 is 1.62. The third-order valence-corrected chi connectivity index (χ3v) is 6.26. The van der Waals surface area contributed by atoms with Crippen LogP contribution in [0.1, 0.15) is 18.1 Å². The molecular weight excluding hydrogens is 412 g/mol. The fourth-order valence-electron chi connectivity index (χ4n) is 3.70. The molecule has 4 heterocycles. The molecule has 5 rings (SSSR count). The number of piperazine rings is 1. The summed E-state index contributed by atoms with van der Waals surface area (Å²) < 4.78 is 10.8. The lowest BCUT2D eigenvalue weighted by Gasteiger charge is -2.33. The van der Waals surface area contributed by atoms with Gasteiger partial charge in [0.1, 0.15) is 0 Å². The third kappa shape index (κ3) is 5.07. The smallest absolute Gasteiger partial charge is 0.257 e. The highest BCUT2D eigenvalue weighted by atomic mass is 32.1. The normalized spacial score (nSPS) is 15.5. The number of nitrogens with zero attached hydrogens (tertiary/aromatic N) is 6. The number of rotatable bonds is 8. The number of benzene rings is 1. The van der Waals surface area contributed by atoms with Crippen molar-refractivity contribution in [2.24, 2.45) is 0 Å². The molecule has 1 aromatic carbocycles. The van der Waals surface area contributed by atoms with Crippen molar-refractivity contribution in [3.05, 3.63) is 59.6 Å². The van der Waals surface area contributed by atoms with Crippen LogP contribution in [0.2, 0.25) is 0 Å². The molecule has 1 saturated heterocycles. The van der Waals surface area contributed by atoms with E-state index in [9.17, 15) is 0 Å². The van der Waals surface area contributed by atoms with Crippen molar-refractivity contribution >= 4 is 11.3 Å². The second kappa shape index (κ2) is 9.51. The monoisotopic (exact) mass is 436 g/mol. The molecule has 0 radical (unpaired) electrons. The summed E-state index contributed by atoms with van der Waals surface area (Å²) in [5.41, 5.74) is 0.954. The molecule has 0 atom stereocenters. The number of hydrogen-bond donors (Lipinski definition) is 0. The summed E-state index contributed by atoms with van der Waals surface area (Å²) in [4.78, 5) is 14.9. The van der Waals surface area contributed by atoms with E-state index in [-0.39, 0.29) is 0 Å². The summed E-state index contributed by atoms with van der Waals surface area (Å²) in [6.07, 6.45) is 1.82. The molecule has 31 heavy (non-hydrogen) atoms. The predicted molar refractivity (Wildman–Crippen MR) is 117 cm³/mol. The van der Waals surface area contributed by atoms with Crippen LogP contribution in [0, 0.1) is 0 Å². The van der Waals surface area contributed by atoms with Crippen LogP contribution >= 0.6 is 11.3 Å². The van der Waals surface area contributed by atoms with Crippen LogP contribution in [0.15, 0.2) is 56.9 Å². The maximum atomic E-state index is 5.42. The first-order valence-corrected chi connectivity index (χ1v) is 11.4. The Balaban J connectivity index is 1.04. The molecule has 0 aliphatic carbocycles. The van der Waals surface area contributed by atoms with Crippen molar-refractivity contribution in [3.8, 4) is 22.2 Å². The van der Waals surface area contributed by atoms with Gasteiger partial charge in [-0.1, -0.05) is 34.6 Å². The molecule has 0 bridgehead atoms. The van der Waals surface area contributed by atoms with Gasteiger partial charge in [-0.3, -0.25) is 4.90 Å². The van der Waals surface area contributed by atoms with Gasteiger partial charge >= 0.3 is 0 Å². The number of aryl methyl sites for hydroxylation is 1. The van der Waals surface area contributed by atoms with E-state index in [0.29, 0.717) is 17.6 Å². The molecule has 1 aliphatic rings. The van der Waals surface area contributed by atoms with E-state index in [1.165, 1.54) is 0 Å². The van der Waals surface area contributed by atoms with Gasteiger partial charge in [-0.25, -0.2) is 0 Å².